The van der Waals surface area contributed by atoms with Crippen molar-refractivity contribution in [2.45, 2.75) is 53.7 Å². The van der Waals surface area contributed by atoms with Gasteiger partial charge in [0, 0.05) is 6.04 Å². The summed E-state index contributed by atoms with van der Waals surface area (Å²) in [7, 11) is 0. The standard InChI is InChI=1S/C16H25NO2/c1-10(2)13(5)17-16(18)14(6)19-15-8-7-11(3)9-12(15)4/h7-10,13-14H,1-6H3,(H,17,18)/t13-,14-/m0/s1. The van der Waals surface area contributed by atoms with Gasteiger partial charge >= 0.3 is 0 Å². The molecule has 0 spiro atoms. The highest BCUT2D eigenvalue weighted by atomic mass is 16.5. The van der Waals surface area contributed by atoms with E-state index in [4.69, 9.17) is 4.74 Å². The number of nitrogens with one attached hydrogen (secondary N) is 1. The van der Waals surface area contributed by atoms with Crippen molar-refractivity contribution in [3.63, 3.8) is 0 Å². The van der Waals surface area contributed by atoms with E-state index in [2.05, 4.69) is 25.2 Å². The minimum Gasteiger partial charge on any atom is -0.481 e. The molecule has 19 heavy (non-hydrogen) atoms. The Balaban J connectivity index is 2.63. The number of rotatable bonds is 5. The van der Waals surface area contributed by atoms with E-state index in [1.54, 1.807) is 6.92 Å². The molecule has 0 aromatic heterocycles. The molecule has 1 N–H and O–H groups in total. The molecule has 2 atom stereocenters. The highest BCUT2D eigenvalue weighted by Gasteiger charge is 2.18. The molecular formula is C16H25NO2. The van der Waals surface area contributed by atoms with Crippen molar-refractivity contribution >= 4 is 5.91 Å². The molecule has 3 heteroatoms. The van der Waals surface area contributed by atoms with Crippen LogP contribution in [0.25, 0.3) is 0 Å². The summed E-state index contributed by atoms with van der Waals surface area (Å²) >= 11 is 0. The van der Waals surface area contributed by atoms with Gasteiger partial charge < -0.3 is 10.1 Å². The Morgan fingerprint density at radius 1 is 1.16 bits per heavy atom. The van der Waals surface area contributed by atoms with Gasteiger partial charge in [-0.2, -0.15) is 0 Å². The van der Waals surface area contributed by atoms with Gasteiger partial charge in [-0.05, 0) is 45.2 Å². The number of hydrogen-bond acceptors (Lipinski definition) is 2. The summed E-state index contributed by atoms with van der Waals surface area (Å²) in [6.07, 6.45) is -0.484. The fourth-order valence-corrected chi connectivity index (χ4v) is 1.68. The van der Waals surface area contributed by atoms with Gasteiger partial charge in [-0.15, -0.1) is 0 Å². The van der Waals surface area contributed by atoms with Crippen molar-refractivity contribution < 1.29 is 9.53 Å². The average Bonchev–Trinajstić information content (AvgIpc) is 2.32. The largest absolute Gasteiger partial charge is 0.481 e. The Hall–Kier alpha value is -1.51. The third kappa shape index (κ3) is 4.58. The third-order valence-corrected chi connectivity index (χ3v) is 3.37. The molecule has 0 aliphatic carbocycles. The second kappa shape index (κ2) is 6.60. The molecule has 0 aliphatic rings. The van der Waals surface area contributed by atoms with Crippen LogP contribution in [0.1, 0.15) is 38.8 Å². The first-order valence-electron chi connectivity index (χ1n) is 6.85. The van der Waals surface area contributed by atoms with E-state index in [-0.39, 0.29) is 11.9 Å². The lowest BCUT2D eigenvalue weighted by Gasteiger charge is -2.21. The van der Waals surface area contributed by atoms with Crippen molar-refractivity contribution in [2.24, 2.45) is 5.92 Å². The lowest BCUT2D eigenvalue weighted by molar-refractivity contribution is -0.128. The van der Waals surface area contributed by atoms with Crippen LogP contribution in [0.3, 0.4) is 0 Å². The van der Waals surface area contributed by atoms with Gasteiger partial charge in [-0.25, -0.2) is 0 Å². The smallest absolute Gasteiger partial charge is 0.260 e. The summed E-state index contributed by atoms with van der Waals surface area (Å²) in [4.78, 5) is 12.0. The van der Waals surface area contributed by atoms with Crippen LogP contribution >= 0.6 is 0 Å². The second-order valence-electron chi connectivity index (χ2n) is 5.57. The van der Waals surface area contributed by atoms with Gasteiger partial charge in [0.2, 0.25) is 0 Å². The summed E-state index contributed by atoms with van der Waals surface area (Å²) in [6, 6.07) is 6.11. The quantitative estimate of drug-likeness (QED) is 0.885. The number of amides is 1. The molecular weight excluding hydrogens is 238 g/mol. The Labute approximate surface area is 116 Å². The molecule has 1 aromatic carbocycles. The van der Waals surface area contributed by atoms with Crippen molar-refractivity contribution in [3.8, 4) is 5.75 Å². The minimum atomic E-state index is -0.484. The maximum atomic E-state index is 12.0. The molecule has 1 amide bonds. The van der Waals surface area contributed by atoms with Crippen molar-refractivity contribution in [1.29, 1.82) is 0 Å². The number of ether oxygens (including phenoxy) is 1. The van der Waals surface area contributed by atoms with E-state index in [1.807, 2.05) is 32.9 Å². The van der Waals surface area contributed by atoms with Crippen LogP contribution in [-0.4, -0.2) is 18.1 Å². The number of benzene rings is 1. The first kappa shape index (κ1) is 15.5. The maximum absolute atomic E-state index is 12.0. The van der Waals surface area contributed by atoms with Crippen LogP contribution in [0.2, 0.25) is 0 Å². The van der Waals surface area contributed by atoms with Gasteiger partial charge in [0.1, 0.15) is 5.75 Å². The summed E-state index contributed by atoms with van der Waals surface area (Å²) in [5.74, 6) is 1.11. The molecule has 0 saturated heterocycles. The van der Waals surface area contributed by atoms with E-state index in [1.165, 1.54) is 5.56 Å². The highest BCUT2D eigenvalue weighted by Crippen LogP contribution is 2.20. The number of carbonyl (C=O) groups excluding carboxylic acids is 1. The van der Waals surface area contributed by atoms with Crippen molar-refractivity contribution in [3.05, 3.63) is 29.3 Å². The predicted molar refractivity (Wildman–Crippen MR) is 78.4 cm³/mol. The van der Waals surface area contributed by atoms with Gasteiger partial charge in [0.15, 0.2) is 6.10 Å². The average molecular weight is 263 g/mol. The zero-order valence-corrected chi connectivity index (χ0v) is 12.8. The van der Waals surface area contributed by atoms with Crippen LogP contribution in [0.4, 0.5) is 0 Å². The fraction of sp³-hybridized carbons (Fsp3) is 0.562. The lowest BCUT2D eigenvalue weighted by atomic mass is 10.1. The summed E-state index contributed by atoms with van der Waals surface area (Å²) in [5, 5.41) is 2.97. The molecule has 106 valence electrons. The van der Waals surface area contributed by atoms with Crippen LogP contribution in [0.5, 0.6) is 5.75 Å². The van der Waals surface area contributed by atoms with Crippen molar-refractivity contribution in [1.82, 2.24) is 5.32 Å². The second-order valence-corrected chi connectivity index (χ2v) is 5.57. The summed E-state index contributed by atoms with van der Waals surface area (Å²) in [5.41, 5.74) is 2.24. The number of hydrogen-bond donors (Lipinski definition) is 1. The Bertz CT molecular complexity index is 440. The molecule has 0 saturated carbocycles. The van der Waals surface area contributed by atoms with Crippen LogP contribution in [0, 0.1) is 19.8 Å². The molecule has 0 radical (unpaired) electrons. The van der Waals surface area contributed by atoms with Gasteiger partial charge in [-0.3, -0.25) is 4.79 Å². The van der Waals surface area contributed by atoms with Crippen molar-refractivity contribution in [2.75, 3.05) is 0 Å². The topological polar surface area (TPSA) is 38.3 Å². The first-order valence-corrected chi connectivity index (χ1v) is 6.85. The number of aryl methyl sites for hydroxylation is 2. The van der Waals surface area contributed by atoms with E-state index in [0.29, 0.717) is 5.92 Å². The van der Waals surface area contributed by atoms with E-state index < -0.39 is 6.10 Å². The van der Waals surface area contributed by atoms with Crippen LogP contribution in [-0.2, 0) is 4.79 Å². The number of carbonyl (C=O) groups is 1. The fourth-order valence-electron chi connectivity index (χ4n) is 1.68. The van der Waals surface area contributed by atoms with E-state index in [0.717, 1.165) is 11.3 Å². The Morgan fingerprint density at radius 3 is 2.32 bits per heavy atom. The molecule has 3 nitrogen and oxygen atoms in total. The SMILES string of the molecule is Cc1ccc(O[C@@H](C)C(=O)N[C@@H](C)C(C)C)c(C)c1. The minimum absolute atomic E-state index is 0.0684. The molecule has 0 heterocycles. The predicted octanol–water partition coefficient (Wildman–Crippen LogP) is 3.23. The Kier molecular flexibility index (Phi) is 5.40. The molecule has 1 rings (SSSR count). The monoisotopic (exact) mass is 263 g/mol. The molecule has 0 bridgehead atoms. The van der Waals surface area contributed by atoms with Crippen LogP contribution < -0.4 is 10.1 Å². The maximum Gasteiger partial charge on any atom is 0.260 e. The van der Waals surface area contributed by atoms with Gasteiger partial charge in [0.25, 0.3) is 5.91 Å². The zero-order chi connectivity index (χ0) is 14.6. The van der Waals surface area contributed by atoms with Crippen LogP contribution in [0.15, 0.2) is 18.2 Å². The molecule has 0 unspecified atom stereocenters. The normalized spacial score (nSPS) is 14.1. The first-order chi connectivity index (χ1) is 8.81. The van der Waals surface area contributed by atoms with E-state index >= 15 is 0 Å². The summed E-state index contributed by atoms with van der Waals surface area (Å²) < 4.78 is 5.73. The lowest BCUT2D eigenvalue weighted by Crippen LogP contribution is -2.43. The summed E-state index contributed by atoms with van der Waals surface area (Å²) in [6.45, 7) is 12.0. The highest BCUT2D eigenvalue weighted by molar-refractivity contribution is 5.81. The van der Waals surface area contributed by atoms with E-state index in [9.17, 15) is 4.79 Å². The zero-order valence-electron chi connectivity index (χ0n) is 12.8. The van der Waals surface area contributed by atoms with Gasteiger partial charge in [-0.1, -0.05) is 31.5 Å². The molecule has 0 aliphatic heterocycles. The Morgan fingerprint density at radius 2 is 1.79 bits per heavy atom. The third-order valence-electron chi connectivity index (χ3n) is 3.37. The molecule has 1 aromatic rings. The van der Waals surface area contributed by atoms with Gasteiger partial charge in [0.05, 0.1) is 0 Å². The molecule has 0 fully saturated rings.